The summed E-state index contributed by atoms with van der Waals surface area (Å²) in [4.78, 5) is 18.8. The predicted octanol–water partition coefficient (Wildman–Crippen LogP) is 6.13. The van der Waals surface area contributed by atoms with Crippen LogP contribution in [-0.4, -0.2) is 40.7 Å². The van der Waals surface area contributed by atoms with Crippen molar-refractivity contribution in [1.82, 2.24) is 9.88 Å². The van der Waals surface area contributed by atoms with Gasteiger partial charge in [-0.1, -0.05) is 12.1 Å². The molecule has 1 fully saturated rings. The fraction of sp³-hybridized carbons (Fsp3) is 0.407. The zero-order chi connectivity index (χ0) is 24.5. The van der Waals surface area contributed by atoms with E-state index in [1.54, 1.807) is 17.2 Å². The number of hydrogen-bond donors (Lipinski definition) is 2. The van der Waals surface area contributed by atoms with Crippen LogP contribution in [0.3, 0.4) is 0 Å². The number of nitrogens with two attached hydrogens (primary N) is 1. The number of nitrogens with one attached hydrogen (secondary N) is 1. The van der Waals surface area contributed by atoms with Crippen molar-refractivity contribution in [3.05, 3.63) is 54.0 Å². The highest BCUT2D eigenvalue weighted by Gasteiger charge is 2.27. The lowest BCUT2D eigenvalue weighted by molar-refractivity contribution is 0.0252. The average Bonchev–Trinajstić information content (AvgIpc) is 2.99. The zero-order valence-electron chi connectivity index (χ0n) is 20.3. The maximum Gasteiger partial charge on any atom is 0.410 e. The van der Waals surface area contributed by atoms with Gasteiger partial charge in [-0.25, -0.2) is 14.2 Å². The highest BCUT2D eigenvalue weighted by molar-refractivity contribution is 5.98. The van der Waals surface area contributed by atoms with Crippen LogP contribution in [0, 0.1) is 12.7 Å². The Labute approximate surface area is 200 Å². The van der Waals surface area contributed by atoms with Crippen LogP contribution >= 0.6 is 0 Å². The highest BCUT2D eigenvalue weighted by atomic mass is 19.1. The number of anilines is 2. The summed E-state index contributed by atoms with van der Waals surface area (Å²) in [7, 11) is 0. The summed E-state index contributed by atoms with van der Waals surface area (Å²) in [5.41, 5.74) is 8.51. The van der Waals surface area contributed by atoms with Gasteiger partial charge < -0.3 is 20.7 Å². The van der Waals surface area contributed by atoms with E-state index in [0.29, 0.717) is 24.5 Å². The van der Waals surface area contributed by atoms with E-state index in [4.69, 9.17) is 10.5 Å². The number of aromatic nitrogens is 1. The number of carbonyl (C=O) groups excluding carboxylic acids is 1. The number of aryl methyl sites for hydroxylation is 1. The standard InChI is InChI=1S/C27H33FN4O2/c1-17-8-7-10-22(28)25(17)18-12-19-15-30-24(29)14-21(19)23(13-18)31-20-9-5-6-11-32(16-20)26(33)34-27(2,3)4/h7-8,10,12-15,20,31H,5-6,9,11,16H2,1-4H3,(H2,29,30)/t20-/m1/s1. The Morgan fingerprint density at radius 3 is 2.76 bits per heavy atom. The normalized spacial score (nSPS) is 16.9. The third kappa shape index (κ3) is 5.41. The Bertz CT molecular complexity index is 1180. The highest BCUT2D eigenvalue weighted by Crippen LogP contribution is 2.35. The Morgan fingerprint density at radius 1 is 1.24 bits per heavy atom. The van der Waals surface area contributed by atoms with Gasteiger partial charge >= 0.3 is 6.09 Å². The molecule has 0 saturated carbocycles. The van der Waals surface area contributed by atoms with Gasteiger partial charge in [0.05, 0.1) is 0 Å². The molecule has 1 aromatic heterocycles. The third-order valence-corrected chi connectivity index (χ3v) is 6.05. The van der Waals surface area contributed by atoms with E-state index >= 15 is 0 Å². The van der Waals surface area contributed by atoms with Gasteiger partial charge in [-0.2, -0.15) is 0 Å². The van der Waals surface area contributed by atoms with Crippen LogP contribution in [0.5, 0.6) is 0 Å². The number of likely N-dealkylation sites (tertiary alicyclic amines) is 1. The number of fused-ring (bicyclic) bond motifs is 1. The summed E-state index contributed by atoms with van der Waals surface area (Å²) in [5, 5.41) is 5.42. The molecule has 1 aliphatic heterocycles. The van der Waals surface area contributed by atoms with E-state index in [1.807, 2.05) is 52.0 Å². The number of nitrogens with zero attached hydrogens (tertiary/aromatic N) is 2. The van der Waals surface area contributed by atoms with E-state index in [9.17, 15) is 9.18 Å². The molecule has 4 rings (SSSR count). The maximum absolute atomic E-state index is 14.8. The topological polar surface area (TPSA) is 80.5 Å². The SMILES string of the molecule is Cc1cccc(F)c1-c1cc(N[C@@H]2CCCCN(C(=O)OC(C)(C)C)C2)c2cc(N)ncc2c1. The number of pyridine rings is 1. The van der Waals surface area contributed by atoms with Gasteiger partial charge in [0.25, 0.3) is 0 Å². The first-order valence-electron chi connectivity index (χ1n) is 11.8. The molecule has 2 heterocycles. The van der Waals surface area contributed by atoms with E-state index < -0.39 is 5.60 Å². The van der Waals surface area contributed by atoms with Crippen LogP contribution in [0.25, 0.3) is 21.9 Å². The molecule has 0 radical (unpaired) electrons. The van der Waals surface area contributed by atoms with E-state index in [0.717, 1.165) is 46.8 Å². The number of benzene rings is 2. The van der Waals surface area contributed by atoms with Crippen LogP contribution < -0.4 is 11.1 Å². The lowest BCUT2D eigenvalue weighted by Crippen LogP contribution is -2.42. The minimum absolute atomic E-state index is 0.0181. The molecule has 2 aromatic carbocycles. The molecule has 1 atom stereocenters. The Morgan fingerprint density at radius 2 is 2.03 bits per heavy atom. The fourth-order valence-electron chi connectivity index (χ4n) is 4.51. The molecule has 7 heteroatoms. The molecule has 1 saturated heterocycles. The van der Waals surface area contributed by atoms with Gasteiger partial charge in [0.2, 0.25) is 0 Å². The summed E-state index contributed by atoms with van der Waals surface area (Å²) in [5.74, 6) is 0.154. The Kier molecular flexibility index (Phi) is 6.64. The van der Waals surface area contributed by atoms with Crippen molar-refractivity contribution in [2.45, 2.75) is 58.6 Å². The molecule has 1 aliphatic rings. The second kappa shape index (κ2) is 9.49. The summed E-state index contributed by atoms with van der Waals surface area (Å²) in [6.07, 6.45) is 4.24. The summed E-state index contributed by atoms with van der Waals surface area (Å²) < 4.78 is 20.4. The van der Waals surface area contributed by atoms with E-state index in [2.05, 4.69) is 10.3 Å². The molecule has 1 amide bonds. The summed E-state index contributed by atoms with van der Waals surface area (Å²) in [6.45, 7) is 8.72. The molecule has 0 aliphatic carbocycles. The predicted molar refractivity (Wildman–Crippen MR) is 135 cm³/mol. The molecule has 0 spiro atoms. The fourth-order valence-corrected chi connectivity index (χ4v) is 4.51. The van der Waals surface area contributed by atoms with E-state index in [-0.39, 0.29) is 18.0 Å². The smallest absolute Gasteiger partial charge is 0.410 e. The van der Waals surface area contributed by atoms with Crippen molar-refractivity contribution in [1.29, 1.82) is 0 Å². The van der Waals surface area contributed by atoms with Crippen molar-refractivity contribution < 1.29 is 13.9 Å². The van der Waals surface area contributed by atoms with Crippen molar-refractivity contribution >= 4 is 28.4 Å². The number of carbonyl (C=O) groups is 1. The number of halogens is 1. The molecule has 3 aromatic rings. The molecule has 3 N–H and O–H groups in total. The lowest BCUT2D eigenvalue weighted by Gasteiger charge is -2.29. The van der Waals surface area contributed by atoms with Gasteiger partial charge in [-0.3, -0.25) is 0 Å². The number of ether oxygens (including phenoxy) is 1. The molecule has 180 valence electrons. The third-order valence-electron chi connectivity index (χ3n) is 6.05. The van der Waals surface area contributed by atoms with Crippen molar-refractivity contribution in [2.24, 2.45) is 0 Å². The first-order valence-corrected chi connectivity index (χ1v) is 11.8. The molecular weight excluding hydrogens is 431 g/mol. The van der Waals surface area contributed by atoms with Crippen LogP contribution in [0.2, 0.25) is 0 Å². The van der Waals surface area contributed by atoms with Crippen molar-refractivity contribution in [3.8, 4) is 11.1 Å². The first kappa shape index (κ1) is 23.8. The van der Waals surface area contributed by atoms with Gasteiger partial charge in [-0.05, 0) is 82.3 Å². The van der Waals surface area contributed by atoms with Gasteiger partial charge in [0.1, 0.15) is 17.2 Å². The van der Waals surface area contributed by atoms with Crippen molar-refractivity contribution in [3.63, 3.8) is 0 Å². The number of rotatable bonds is 3. The van der Waals surface area contributed by atoms with Crippen LogP contribution in [0.4, 0.5) is 20.7 Å². The van der Waals surface area contributed by atoms with Crippen LogP contribution in [0.15, 0.2) is 42.6 Å². The van der Waals surface area contributed by atoms with Crippen LogP contribution in [0.1, 0.15) is 45.6 Å². The molecule has 0 bridgehead atoms. The second-order valence-corrected chi connectivity index (χ2v) is 10.0. The Hall–Kier alpha value is -3.35. The van der Waals surface area contributed by atoms with Gasteiger partial charge in [0, 0.05) is 47.4 Å². The largest absolute Gasteiger partial charge is 0.444 e. The monoisotopic (exact) mass is 464 g/mol. The zero-order valence-corrected chi connectivity index (χ0v) is 20.3. The average molecular weight is 465 g/mol. The minimum atomic E-state index is -0.543. The van der Waals surface area contributed by atoms with Crippen molar-refractivity contribution in [2.75, 3.05) is 24.1 Å². The van der Waals surface area contributed by atoms with Gasteiger partial charge in [0.15, 0.2) is 0 Å². The Balaban J connectivity index is 1.70. The molecule has 34 heavy (non-hydrogen) atoms. The summed E-state index contributed by atoms with van der Waals surface area (Å²) >= 11 is 0. The molecule has 0 unspecified atom stereocenters. The number of nitrogen functional groups attached to an aromatic ring is 1. The number of amides is 1. The molecule has 6 nitrogen and oxygen atoms in total. The number of hydrogen-bond acceptors (Lipinski definition) is 5. The second-order valence-electron chi connectivity index (χ2n) is 10.0. The van der Waals surface area contributed by atoms with Crippen LogP contribution in [-0.2, 0) is 4.74 Å². The summed E-state index contributed by atoms with van der Waals surface area (Å²) in [6, 6.07) is 10.9. The first-order chi connectivity index (χ1) is 16.1. The minimum Gasteiger partial charge on any atom is -0.444 e. The van der Waals surface area contributed by atoms with E-state index in [1.165, 1.54) is 6.07 Å². The molecular formula is C27H33FN4O2. The maximum atomic E-state index is 14.8. The lowest BCUT2D eigenvalue weighted by atomic mass is 9.96. The quantitative estimate of drug-likeness (QED) is 0.487. The van der Waals surface area contributed by atoms with Gasteiger partial charge in [-0.15, -0.1) is 0 Å².